The second-order valence-electron chi connectivity index (χ2n) is 4.04. The highest BCUT2D eigenvalue weighted by Crippen LogP contribution is 2.28. The summed E-state index contributed by atoms with van der Waals surface area (Å²) in [7, 11) is 0. The van der Waals surface area contributed by atoms with E-state index < -0.39 is 0 Å². The molecule has 0 saturated carbocycles. The summed E-state index contributed by atoms with van der Waals surface area (Å²) < 4.78 is 4.00. The Hall–Kier alpha value is -1.74. The van der Waals surface area contributed by atoms with Gasteiger partial charge in [0.15, 0.2) is 5.65 Å². The summed E-state index contributed by atoms with van der Waals surface area (Å²) in [5.74, 6) is 0.716. The Morgan fingerprint density at radius 2 is 2.30 bits per heavy atom. The standard InChI is InChI=1S/C11H13N7S2/c1-2-3-12-10-7(17-18-20-10)4-19-11-8-9(14-5-13-8)15-6-16-11/h5-6,12H,2-4H2,1H3,(H,13,14,15,16). The van der Waals surface area contributed by atoms with Gasteiger partial charge in [-0.15, -0.1) is 5.10 Å². The first-order chi connectivity index (χ1) is 9.88. The van der Waals surface area contributed by atoms with E-state index in [0.29, 0.717) is 11.4 Å². The van der Waals surface area contributed by atoms with Gasteiger partial charge in [0, 0.05) is 23.8 Å². The zero-order valence-corrected chi connectivity index (χ0v) is 12.5. The number of anilines is 1. The minimum Gasteiger partial charge on any atom is -0.374 e. The van der Waals surface area contributed by atoms with Crippen LogP contribution in [0, 0.1) is 0 Å². The maximum absolute atomic E-state index is 4.29. The number of hydrogen-bond donors (Lipinski definition) is 2. The summed E-state index contributed by atoms with van der Waals surface area (Å²) >= 11 is 2.99. The maximum Gasteiger partial charge on any atom is 0.181 e. The van der Waals surface area contributed by atoms with Crippen LogP contribution < -0.4 is 5.32 Å². The molecule has 104 valence electrons. The van der Waals surface area contributed by atoms with E-state index in [1.54, 1.807) is 18.1 Å². The summed E-state index contributed by atoms with van der Waals surface area (Å²) in [4.78, 5) is 15.6. The van der Waals surface area contributed by atoms with Gasteiger partial charge in [-0.1, -0.05) is 23.2 Å². The predicted octanol–water partition coefficient (Wildman–Crippen LogP) is 2.32. The molecule has 3 heterocycles. The van der Waals surface area contributed by atoms with Crippen LogP contribution in [0.4, 0.5) is 5.00 Å². The Kier molecular flexibility index (Phi) is 4.07. The van der Waals surface area contributed by atoms with Gasteiger partial charge in [-0.25, -0.2) is 15.0 Å². The van der Waals surface area contributed by atoms with Crippen molar-refractivity contribution in [3.05, 3.63) is 18.3 Å². The third kappa shape index (κ3) is 2.73. The summed E-state index contributed by atoms with van der Waals surface area (Å²) in [6, 6.07) is 0. The number of fused-ring (bicyclic) bond motifs is 1. The second-order valence-corrected chi connectivity index (χ2v) is 5.76. The Bertz CT molecular complexity index is 693. The molecule has 7 nitrogen and oxygen atoms in total. The van der Waals surface area contributed by atoms with Crippen molar-refractivity contribution in [2.45, 2.75) is 24.1 Å². The average molecular weight is 307 g/mol. The second kappa shape index (κ2) is 6.14. The molecule has 3 aromatic heterocycles. The van der Waals surface area contributed by atoms with Gasteiger partial charge < -0.3 is 10.3 Å². The molecule has 0 spiro atoms. The molecule has 3 rings (SSSR count). The number of nitrogens with zero attached hydrogens (tertiary/aromatic N) is 5. The Morgan fingerprint density at radius 1 is 1.35 bits per heavy atom. The fraction of sp³-hybridized carbons (Fsp3) is 0.364. The van der Waals surface area contributed by atoms with E-state index in [1.807, 2.05) is 0 Å². The molecular weight excluding hydrogens is 294 g/mol. The van der Waals surface area contributed by atoms with Crippen molar-refractivity contribution in [2.24, 2.45) is 0 Å². The molecule has 0 aliphatic heterocycles. The van der Waals surface area contributed by atoms with Crippen LogP contribution in [0.5, 0.6) is 0 Å². The third-order valence-corrected chi connectivity index (χ3v) is 4.35. The minimum absolute atomic E-state index is 0.684. The van der Waals surface area contributed by atoms with Gasteiger partial charge in [-0.2, -0.15) is 0 Å². The SMILES string of the molecule is CCCNc1snnc1CSc1ncnc2nc[nH]c12. The lowest BCUT2D eigenvalue weighted by molar-refractivity contribution is 0.976. The molecule has 0 atom stereocenters. The van der Waals surface area contributed by atoms with Crippen molar-refractivity contribution in [1.82, 2.24) is 29.5 Å². The zero-order chi connectivity index (χ0) is 13.8. The summed E-state index contributed by atoms with van der Waals surface area (Å²) in [5.41, 5.74) is 2.51. The first-order valence-corrected chi connectivity index (χ1v) is 7.96. The zero-order valence-electron chi connectivity index (χ0n) is 10.8. The van der Waals surface area contributed by atoms with Crippen molar-refractivity contribution in [2.75, 3.05) is 11.9 Å². The highest BCUT2D eigenvalue weighted by molar-refractivity contribution is 7.98. The molecule has 0 bridgehead atoms. The van der Waals surface area contributed by atoms with E-state index in [0.717, 1.165) is 34.2 Å². The Morgan fingerprint density at radius 3 is 3.20 bits per heavy atom. The summed E-state index contributed by atoms with van der Waals surface area (Å²) in [6.45, 7) is 3.06. The van der Waals surface area contributed by atoms with Crippen molar-refractivity contribution in [3.63, 3.8) is 0 Å². The van der Waals surface area contributed by atoms with Crippen molar-refractivity contribution < 1.29 is 0 Å². The van der Waals surface area contributed by atoms with E-state index >= 15 is 0 Å². The number of rotatable bonds is 6. The molecular formula is C11H13N7S2. The third-order valence-electron chi connectivity index (χ3n) is 2.63. The summed E-state index contributed by atoms with van der Waals surface area (Å²) in [5, 5.41) is 9.42. The van der Waals surface area contributed by atoms with Crippen LogP contribution in [0.25, 0.3) is 11.2 Å². The van der Waals surface area contributed by atoms with Gasteiger partial charge in [-0.05, 0) is 6.42 Å². The lowest BCUT2D eigenvalue weighted by Gasteiger charge is -2.03. The van der Waals surface area contributed by atoms with Gasteiger partial charge in [0.25, 0.3) is 0 Å². The van der Waals surface area contributed by atoms with Crippen LogP contribution in [0.15, 0.2) is 17.7 Å². The normalized spacial score (nSPS) is 11.1. The predicted molar refractivity (Wildman–Crippen MR) is 79.9 cm³/mol. The summed E-state index contributed by atoms with van der Waals surface area (Å²) in [6.07, 6.45) is 4.23. The first kappa shape index (κ1) is 13.3. The van der Waals surface area contributed by atoms with Crippen LogP contribution in [-0.2, 0) is 5.75 Å². The molecule has 9 heteroatoms. The average Bonchev–Trinajstić information content (AvgIpc) is 3.11. The topological polar surface area (TPSA) is 92.3 Å². The van der Waals surface area contributed by atoms with E-state index in [9.17, 15) is 0 Å². The molecule has 0 saturated heterocycles. The molecule has 20 heavy (non-hydrogen) atoms. The lowest BCUT2D eigenvalue weighted by Crippen LogP contribution is -2.00. The molecule has 3 aromatic rings. The molecule has 0 unspecified atom stereocenters. The van der Waals surface area contributed by atoms with Crippen molar-refractivity contribution in [1.29, 1.82) is 0 Å². The van der Waals surface area contributed by atoms with Crippen LogP contribution in [-0.4, -0.2) is 36.1 Å². The molecule has 0 aliphatic rings. The van der Waals surface area contributed by atoms with Crippen LogP contribution >= 0.6 is 23.3 Å². The van der Waals surface area contributed by atoms with Crippen LogP contribution in [0.2, 0.25) is 0 Å². The Labute approximate surface area is 123 Å². The van der Waals surface area contributed by atoms with Gasteiger partial charge in [-0.3, -0.25) is 0 Å². The number of hydrogen-bond acceptors (Lipinski definition) is 8. The maximum atomic E-state index is 4.29. The molecule has 0 radical (unpaired) electrons. The Balaban J connectivity index is 1.73. The number of aromatic nitrogens is 6. The van der Waals surface area contributed by atoms with Gasteiger partial charge in [0.1, 0.15) is 27.6 Å². The van der Waals surface area contributed by atoms with Gasteiger partial charge >= 0.3 is 0 Å². The van der Waals surface area contributed by atoms with Gasteiger partial charge in [0.05, 0.1) is 6.33 Å². The van der Waals surface area contributed by atoms with Crippen molar-refractivity contribution >= 4 is 39.5 Å². The molecule has 0 aromatic carbocycles. The molecule has 0 amide bonds. The molecule has 0 fully saturated rings. The van der Waals surface area contributed by atoms with E-state index in [-0.39, 0.29) is 0 Å². The number of thioether (sulfide) groups is 1. The van der Waals surface area contributed by atoms with E-state index in [4.69, 9.17) is 0 Å². The number of imidazole rings is 1. The lowest BCUT2D eigenvalue weighted by atomic mass is 10.4. The first-order valence-electron chi connectivity index (χ1n) is 6.20. The largest absolute Gasteiger partial charge is 0.374 e. The van der Waals surface area contributed by atoms with Crippen molar-refractivity contribution in [3.8, 4) is 0 Å². The number of H-pyrrole nitrogens is 1. The molecule has 2 N–H and O–H groups in total. The molecule has 0 aliphatic carbocycles. The monoisotopic (exact) mass is 307 g/mol. The quantitative estimate of drug-likeness (QED) is 0.533. The number of nitrogens with one attached hydrogen (secondary N) is 2. The van der Waals surface area contributed by atoms with Crippen LogP contribution in [0.3, 0.4) is 0 Å². The highest BCUT2D eigenvalue weighted by atomic mass is 32.2. The fourth-order valence-corrected chi connectivity index (χ4v) is 3.25. The minimum atomic E-state index is 0.684. The number of aromatic amines is 1. The fourth-order valence-electron chi connectivity index (χ4n) is 1.66. The smallest absolute Gasteiger partial charge is 0.181 e. The van der Waals surface area contributed by atoms with E-state index in [1.165, 1.54) is 17.9 Å². The van der Waals surface area contributed by atoms with Crippen LogP contribution in [0.1, 0.15) is 19.0 Å². The van der Waals surface area contributed by atoms with Gasteiger partial charge in [0.2, 0.25) is 0 Å². The highest BCUT2D eigenvalue weighted by Gasteiger charge is 2.11. The van der Waals surface area contributed by atoms with E-state index in [2.05, 4.69) is 41.8 Å².